The molecule has 1 atom stereocenters. The van der Waals surface area contributed by atoms with Gasteiger partial charge < -0.3 is 5.32 Å². The number of thiophene rings is 1. The average Bonchev–Trinajstić information content (AvgIpc) is 3.14. The summed E-state index contributed by atoms with van der Waals surface area (Å²) < 4.78 is 1.96. The lowest BCUT2D eigenvalue weighted by molar-refractivity contribution is -0.113. The number of nitrogens with one attached hydrogen (secondary N) is 2. The lowest BCUT2D eigenvalue weighted by atomic mass is 9.97. The standard InChI is InChI=1S/C18H23N3O2S2/c22-14-11-25-16(12-8-9-24-10-12)15-17(19-14)21(20-18(15)23)13-6-4-2-1-3-5-7-13/h8-10,13,16H,1-7,11H2,(H,19,22)(H,20,23)/t16-/m0/s1. The number of aromatic amines is 1. The average molecular weight is 378 g/mol. The maximum Gasteiger partial charge on any atom is 0.270 e. The molecule has 0 spiro atoms. The molecule has 4 rings (SSSR count). The zero-order valence-electron chi connectivity index (χ0n) is 14.1. The molecule has 3 heterocycles. The van der Waals surface area contributed by atoms with E-state index in [1.807, 2.05) is 10.1 Å². The molecule has 1 aliphatic carbocycles. The Morgan fingerprint density at radius 3 is 2.56 bits per heavy atom. The highest BCUT2D eigenvalue weighted by molar-refractivity contribution is 8.00. The number of carbonyl (C=O) groups is 1. The van der Waals surface area contributed by atoms with Gasteiger partial charge in [0.15, 0.2) is 0 Å². The van der Waals surface area contributed by atoms with Crippen molar-refractivity contribution in [1.29, 1.82) is 0 Å². The van der Waals surface area contributed by atoms with E-state index in [0.717, 1.165) is 18.4 Å². The van der Waals surface area contributed by atoms with E-state index in [9.17, 15) is 9.59 Å². The van der Waals surface area contributed by atoms with Crippen molar-refractivity contribution in [3.63, 3.8) is 0 Å². The predicted molar refractivity (Wildman–Crippen MR) is 104 cm³/mol. The summed E-state index contributed by atoms with van der Waals surface area (Å²) in [5.41, 5.74) is 1.74. The van der Waals surface area contributed by atoms with Gasteiger partial charge in [0.05, 0.1) is 22.6 Å². The van der Waals surface area contributed by atoms with Crippen molar-refractivity contribution in [2.45, 2.75) is 56.2 Å². The Hall–Kier alpha value is -1.47. The van der Waals surface area contributed by atoms with Crippen molar-refractivity contribution in [3.05, 3.63) is 38.3 Å². The molecule has 5 nitrogen and oxygen atoms in total. The predicted octanol–water partition coefficient (Wildman–Crippen LogP) is 4.30. The molecule has 0 aromatic carbocycles. The summed E-state index contributed by atoms with van der Waals surface area (Å²) in [6.45, 7) is 0. The molecule has 0 unspecified atom stereocenters. The Labute approximate surface area is 155 Å². The van der Waals surface area contributed by atoms with Crippen LogP contribution in [0.5, 0.6) is 0 Å². The number of thioether (sulfide) groups is 1. The number of fused-ring (bicyclic) bond motifs is 1. The highest BCUT2D eigenvalue weighted by Gasteiger charge is 2.32. The van der Waals surface area contributed by atoms with Gasteiger partial charge in [-0.25, -0.2) is 0 Å². The lowest BCUT2D eigenvalue weighted by Crippen LogP contribution is -2.20. The summed E-state index contributed by atoms with van der Waals surface area (Å²) >= 11 is 3.16. The van der Waals surface area contributed by atoms with E-state index in [1.54, 1.807) is 11.3 Å². The van der Waals surface area contributed by atoms with Crippen LogP contribution in [0.2, 0.25) is 0 Å². The quantitative estimate of drug-likeness (QED) is 0.820. The maximum absolute atomic E-state index is 12.8. The summed E-state index contributed by atoms with van der Waals surface area (Å²) in [4.78, 5) is 25.1. The number of hydrogen-bond acceptors (Lipinski definition) is 4. The molecule has 2 N–H and O–H groups in total. The molecule has 2 aromatic rings. The first-order chi connectivity index (χ1) is 12.2. The Morgan fingerprint density at radius 1 is 1.08 bits per heavy atom. The van der Waals surface area contributed by atoms with Gasteiger partial charge >= 0.3 is 0 Å². The molecule has 0 radical (unpaired) electrons. The van der Waals surface area contributed by atoms with Crippen molar-refractivity contribution >= 4 is 34.8 Å². The molecular formula is C18H23N3O2S2. The second-order valence-electron chi connectivity index (χ2n) is 6.87. The molecule has 134 valence electrons. The van der Waals surface area contributed by atoms with Gasteiger partial charge in [-0.2, -0.15) is 11.3 Å². The van der Waals surface area contributed by atoms with Crippen molar-refractivity contribution < 1.29 is 4.79 Å². The van der Waals surface area contributed by atoms with Crippen LogP contribution in [0.15, 0.2) is 21.6 Å². The summed E-state index contributed by atoms with van der Waals surface area (Å²) in [7, 11) is 0. The number of rotatable bonds is 2. The number of nitrogens with zero attached hydrogens (tertiary/aromatic N) is 1. The Kier molecular flexibility index (Phi) is 5.03. The van der Waals surface area contributed by atoms with Crippen molar-refractivity contribution in [3.8, 4) is 0 Å². The van der Waals surface area contributed by atoms with Crippen LogP contribution < -0.4 is 10.9 Å². The number of amides is 1. The monoisotopic (exact) mass is 377 g/mol. The van der Waals surface area contributed by atoms with Crippen LogP contribution in [0.1, 0.15) is 67.4 Å². The number of anilines is 1. The Morgan fingerprint density at radius 2 is 1.84 bits per heavy atom. The molecule has 1 aliphatic heterocycles. The minimum atomic E-state index is -0.0845. The fourth-order valence-corrected chi connectivity index (χ4v) is 5.78. The van der Waals surface area contributed by atoms with Gasteiger partial charge in [-0.05, 0) is 35.2 Å². The largest absolute Gasteiger partial charge is 0.310 e. The topological polar surface area (TPSA) is 66.9 Å². The van der Waals surface area contributed by atoms with Crippen LogP contribution in [-0.2, 0) is 4.79 Å². The minimum Gasteiger partial charge on any atom is -0.310 e. The molecule has 0 bridgehead atoms. The maximum atomic E-state index is 12.8. The SMILES string of the molecule is O=C1CS[C@@H](c2ccsc2)c2c(n(C3CCCCCCC3)[nH]c2=O)N1. The van der Waals surface area contributed by atoms with Crippen molar-refractivity contribution in [2.75, 3.05) is 11.1 Å². The first kappa shape index (κ1) is 17.0. The molecule has 2 aliphatic rings. The molecule has 7 heteroatoms. The Balaban J connectivity index is 1.76. The first-order valence-electron chi connectivity index (χ1n) is 9.02. The van der Waals surface area contributed by atoms with Crippen LogP contribution >= 0.6 is 23.1 Å². The van der Waals surface area contributed by atoms with Gasteiger partial charge in [0.1, 0.15) is 5.82 Å². The highest BCUT2D eigenvalue weighted by Crippen LogP contribution is 2.41. The van der Waals surface area contributed by atoms with Crippen LogP contribution in [0, 0.1) is 0 Å². The fraction of sp³-hybridized carbons (Fsp3) is 0.556. The van der Waals surface area contributed by atoms with Gasteiger partial charge in [-0.3, -0.25) is 19.4 Å². The number of H-pyrrole nitrogens is 1. The molecule has 0 saturated heterocycles. The van der Waals surface area contributed by atoms with E-state index >= 15 is 0 Å². The lowest BCUT2D eigenvalue weighted by Gasteiger charge is -2.23. The molecule has 2 aromatic heterocycles. The number of carbonyl (C=O) groups excluding carboxylic acids is 1. The molecule has 1 fully saturated rings. The number of hydrogen-bond donors (Lipinski definition) is 2. The smallest absolute Gasteiger partial charge is 0.270 e. The second-order valence-corrected chi connectivity index (χ2v) is 8.74. The van der Waals surface area contributed by atoms with E-state index in [1.165, 1.54) is 43.9 Å². The summed E-state index contributed by atoms with van der Waals surface area (Å²) in [5, 5.41) is 10.1. The van der Waals surface area contributed by atoms with E-state index in [4.69, 9.17) is 0 Å². The van der Waals surface area contributed by atoms with E-state index < -0.39 is 0 Å². The molecule has 1 saturated carbocycles. The molecule has 25 heavy (non-hydrogen) atoms. The van der Waals surface area contributed by atoms with Crippen LogP contribution in [0.4, 0.5) is 5.82 Å². The third-order valence-corrected chi connectivity index (χ3v) is 7.12. The van der Waals surface area contributed by atoms with Crippen molar-refractivity contribution in [2.24, 2.45) is 0 Å². The first-order valence-corrected chi connectivity index (χ1v) is 11.0. The van der Waals surface area contributed by atoms with Gasteiger partial charge in [-0.1, -0.05) is 32.1 Å². The third-order valence-electron chi connectivity index (χ3n) is 5.15. The van der Waals surface area contributed by atoms with Gasteiger partial charge in [0.25, 0.3) is 5.56 Å². The summed E-state index contributed by atoms with van der Waals surface area (Å²) in [5.74, 6) is 1.04. The van der Waals surface area contributed by atoms with Gasteiger partial charge in [0, 0.05) is 0 Å². The normalized spacial score (nSPS) is 22.6. The fourth-order valence-electron chi connectivity index (χ4n) is 3.90. The Bertz CT molecular complexity index is 786. The van der Waals surface area contributed by atoms with Gasteiger partial charge in [-0.15, -0.1) is 11.8 Å². The minimum absolute atomic E-state index is 0.0254. The summed E-state index contributed by atoms with van der Waals surface area (Å²) in [6.07, 6.45) is 8.29. The van der Waals surface area contributed by atoms with Crippen LogP contribution in [0.3, 0.4) is 0 Å². The van der Waals surface area contributed by atoms with Gasteiger partial charge in [0.2, 0.25) is 5.91 Å². The van der Waals surface area contributed by atoms with Crippen molar-refractivity contribution in [1.82, 2.24) is 9.78 Å². The van der Waals surface area contributed by atoms with E-state index in [-0.39, 0.29) is 22.8 Å². The summed E-state index contributed by atoms with van der Waals surface area (Å²) in [6, 6.07) is 2.32. The zero-order chi connectivity index (χ0) is 17.2. The van der Waals surface area contributed by atoms with Crippen LogP contribution in [-0.4, -0.2) is 21.4 Å². The second kappa shape index (κ2) is 7.41. The molecule has 1 amide bonds. The van der Waals surface area contributed by atoms with E-state index in [0.29, 0.717) is 17.1 Å². The molecular weight excluding hydrogens is 354 g/mol. The highest BCUT2D eigenvalue weighted by atomic mass is 32.2. The zero-order valence-corrected chi connectivity index (χ0v) is 15.8. The van der Waals surface area contributed by atoms with Crippen LogP contribution in [0.25, 0.3) is 0 Å². The third kappa shape index (κ3) is 3.44. The number of aromatic nitrogens is 2. The van der Waals surface area contributed by atoms with E-state index in [2.05, 4.69) is 21.9 Å².